The lowest BCUT2D eigenvalue weighted by molar-refractivity contribution is -0.118. The molecule has 0 aromatic carbocycles. The largest absolute Gasteiger partial charge is 0.295 e. The van der Waals surface area contributed by atoms with E-state index in [-0.39, 0.29) is 11.7 Å². The van der Waals surface area contributed by atoms with Crippen LogP contribution in [0.4, 0.5) is 0 Å². The van der Waals surface area contributed by atoms with Crippen molar-refractivity contribution in [3.05, 3.63) is 12.2 Å². The third kappa shape index (κ3) is 2.23. The number of carbonyl (C=O) groups excluding carboxylic acids is 1. The minimum atomic E-state index is 0.205. The van der Waals surface area contributed by atoms with Crippen molar-refractivity contribution in [2.24, 2.45) is 5.92 Å². The summed E-state index contributed by atoms with van der Waals surface area (Å²) in [5.74, 6) is 3.02. The van der Waals surface area contributed by atoms with Crippen molar-refractivity contribution in [3.8, 4) is 12.3 Å². The van der Waals surface area contributed by atoms with Crippen LogP contribution in [-0.2, 0) is 4.79 Å². The van der Waals surface area contributed by atoms with E-state index in [1.807, 2.05) is 6.08 Å². The predicted molar refractivity (Wildman–Crippen MR) is 44.9 cm³/mol. The molecule has 58 valence electrons. The van der Waals surface area contributed by atoms with Gasteiger partial charge in [-0.2, -0.15) is 0 Å². The second kappa shape index (κ2) is 3.98. The average molecular weight is 148 g/mol. The maximum Gasteiger partial charge on any atom is 0.158 e. The van der Waals surface area contributed by atoms with Crippen molar-refractivity contribution in [3.63, 3.8) is 0 Å². The highest BCUT2D eigenvalue weighted by Crippen LogP contribution is 2.19. The Morgan fingerprint density at radius 2 is 2.55 bits per heavy atom. The molecule has 1 heteroatoms. The number of hydrogen-bond acceptors (Lipinski definition) is 1. The Balaban J connectivity index is 2.40. The molecule has 0 N–H and O–H groups in total. The summed E-state index contributed by atoms with van der Waals surface area (Å²) in [7, 11) is 0. The van der Waals surface area contributed by atoms with Crippen LogP contribution in [0, 0.1) is 18.3 Å². The molecule has 1 rings (SSSR count). The Morgan fingerprint density at radius 1 is 1.73 bits per heavy atom. The molecule has 0 amide bonds. The molecule has 0 saturated carbocycles. The Hall–Kier alpha value is -1.03. The van der Waals surface area contributed by atoms with Crippen molar-refractivity contribution >= 4 is 5.78 Å². The quantitative estimate of drug-likeness (QED) is 0.547. The molecule has 1 aliphatic carbocycles. The van der Waals surface area contributed by atoms with Gasteiger partial charge in [-0.05, 0) is 25.3 Å². The fourth-order valence-electron chi connectivity index (χ4n) is 1.32. The van der Waals surface area contributed by atoms with E-state index in [1.54, 1.807) is 6.08 Å². The first-order valence-electron chi connectivity index (χ1n) is 3.98. The molecule has 1 aliphatic rings. The second-order valence-electron chi connectivity index (χ2n) is 2.82. The number of allylic oxidation sites excluding steroid dienone is 2. The lowest BCUT2D eigenvalue weighted by Gasteiger charge is -2.14. The monoisotopic (exact) mass is 148 g/mol. The predicted octanol–water partition coefficient (Wildman–Crippen LogP) is 1.94. The van der Waals surface area contributed by atoms with E-state index in [9.17, 15) is 4.79 Å². The lowest BCUT2D eigenvalue weighted by Crippen LogP contribution is -2.14. The van der Waals surface area contributed by atoms with Crippen molar-refractivity contribution in [2.45, 2.75) is 25.7 Å². The smallest absolute Gasteiger partial charge is 0.158 e. The van der Waals surface area contributed by atoms with Crippen molar-refractivity contribution in [1.82, 2.24) is 0 Å². The number of carbonyl (C=O) groups is 1. The zero-order chi connectivity index (χ0) is 8.10. The Bertz CT molecular complexity index is 207. The van der Waals surface area contributed by atoms with Gasteiger partial charge in [-0.1, -0.05) is 6.08 Å². The van der Waals surface area contributed by atoms with Crippen LogP contribution in [-0.4, -0.2) is 5.78 Å². The van der Waals surface area contributed by atoms with E-state index in [2.05, 4.69) is 5.92 Å². The highest BCUT2D eigenvalue weighted by molar-refractivity contribution is 5.92. The van der Waals surface area contributed by atoms with Gasteiger partial charge >= 0.3 is 0 Å². The SMILES string of the molecule is C#CCCC1CCC=CC1=O. The molecule has 0 aromatic heterocycles. The van der Waals surface area contributed by atoms with Crippen molar-refractivity contribution in [2.75, 3.05) is 0 Å². The third-order valence-corrected chi connectivity index (χ3v) is 2.00. The lowest BCUT2D eigenvalue weighted by atomic mass is 9.89. The van der Waals surface area contributed by atoms with E-state index in [0.29, 0.717) is 0 Å². The van der Waals surface area contributed by atoms with Gasteiger partial charge in [0.2, 0.25) is 0 Å². The molecular formula is C10H12O. The third-order valence-electron chi connectivity index (χ3n) is 2.00. The minimum absolute atomic E-state index is 0.205. The zero-order valence-electron chi connectivity index (χ0n) is 6.55. The molecule has 0 heterocycles. The molecule has 0 bridgehead atoms. The van der Waals surface area contributed by atoms with Crippen LogP contribution in [0.15, 0.2) is 12.2 Å². The summed E-state index contributed by atoms with van der Waals surface area (Å²) in [5, 5.41) is 0. The number of rotatable bonds is 2. The standard InChI is InChI=1S/C10H12O/c1-2-3-6-9-7-4-5-8-10(9)11/h1,5,8-9H,3-4,6-7H2. The number of terminal acetylenes is 1. The Labute approximate surface area is 67.5 Å². The minimum Gasteiger partial charge on any atom is -0.295 e. The van der Waals surface area contributed by atoms with Crippen LogP contribution in [0.2, 0.25) is 0 Å². The highest BCUT2D eigenvalue weighted by atomic mass is 16.1. The normalized spacial score (nSPS) is 23.2. The van der Waals surface area contributed by atoms with Gasteiger partial charge in [-0.3, -0.25) is 4.79 Å². The zero-order valence-corrected chi connectivity index (χ0v) is 6.55. The molecule has 1 nitrogen and oxygen atoms in total. The van der Waals surface area contributed by atoms with Crippen LogP contribution >= 0.6 is 0 Å². The summed E-state index contributed by atoms with van der Waals surface area (Å²) in [6, 6.07) is 0. The van der Waals surface area contributed by atoms with Crippen LogP contribution in [0.3, 0.4) is 0 Å². The second-order valence-corrected chi connectivity index (χ2v) is 2.82. The van der Waals surface area contributed by atoms with Gasteiger partial charge in [0.25, 0.3) is 0 Å². The molecule has 11 heavy (non-hydrogen) atoms. The van der Waals surface area contributed by atoms with Gasteiger partial charge in [-0.25, -0.2) is 0 Å². The molecule has 0 aromatic rings. The van der Waals surface area contributed by atoms with Crippen molar-refractivity contribution in [1.29, 1.82) is 0 Å². The van der Waals surface area contributed by atoms with Gasteiger partial charge < -0.3 is 0 Å². The summed E-state index contributed by atoms with van der Waals surface area (Å²) in [4.78, 5) is 11.1. The first-order chi connectivity index (χ1) is 5.34. The van der Waals surface area contributed by atoms with E-state index in [1.165, 1.54) is 0 Å². The summed E-state index contributed by atoms with van der Waals surface area (Å²) in [6.07, 6.45) is 12.3. The fraction of sp³-hybridized carbons (Fsp3) is 0.500. The van der Waals surface area contributed by atoms with E-state index in [4.69, 9.17) is 6.42 Å². The van der Waals surface area contributed by atoms with Crippen LogP contribution < -0.4 is 0 Å². The fourth-order valence-corrected chi connectivity index (χ4v) is 1.32. The van der Waals surface area contributed by atoms with Gasteiger partial charge in [0, 0.05) is 12.3 Å². The molecule has 1 atom stereocenters. The van der Waals surface area contributed by atoms with E-state index in [0.717, 1.165) is 25.7 Å². The van der Waals surface area contributed by atoms with Gasteiger partial charge in [0.1, 0.15) is 0 Å². The molecule has 0 saturated heterocycles. The summed E-state index contributed by atoms with van der Waals surface area (Å²) < 4.78 is 0. The highest BCUT2D eigenvalue weighted by Gasteiger charge is 2.16. The van der Waals surface area contributed by atoms with E-state index >= 15 is 0 Å². The molecule has 0 spiro atoms. The van der Waals surface area contributed by atoms with Crippen molar-refractivity contribution < 1.29 is 4.79 Å². The van der Waals surface area contributed by atoms with E-state index < -0.39 is 0 Å². The number of ketones is 1. The maximum atomic E-state index is 11.1. The van der Waals surface area contributed by atoms with Crippen LogP contribution in [0.5, 0.6) is 0 Å². The summed E-state index contributed by atoms with van der Waals surface area (Å²) in [5.41, 5.74) is 0. The molecule has 0 fully saturated rings. The van der Waals surface area contributed by atoms with Crippen LogP contribution in [0.25, 0.3) is 0 Å². The molecule has 0 radical (unpaired) electrons. The topological polar surface area (TPSA) is 17.1 Å². The molecule has 0 aliphatic heterocycles. The first-order valence-corrected chi connectivity index (χ1v) is 3.98. The van der Waals surface area contributed by atoms with Gasteiger partial charge in [0.05, 0.1) is 0 Å². The van der Waals surface area contributed by atoms with Gasteiger partial charge in [0.15, 0.2) is 5.78 Å². The Kier molecular flexibility index (Phi) is 2.92. The molecule has 1 unspecified atom stereocenters. The summed E-state index contributed by atoms with van der Waals surface area (Å²) in [6.45, 7) is 0. The van der Waals surface area contributed by atoms with Crippen LogP contribution in [0.1, 0.15) is 25.7 Å². The molecular weight excluding hydrogens is 136 g/mol. The Morgan fingerprint density at radius 3 is 3.18 bits per heavy atom. The summed E-state index contributed by atoms with van der Waals surface area (Å²) >= 11 is 0. The number of hydrogen-bond donors (Lipinski definition) is 0. The maximum absolute atomic E-state index is 11.1. The first kappa shape index (κ1) is 8.07. The average Bonchev–Trinajstić information content (AvgIpc) is 2.03. The van der Waals surface area contributed by atoms with Gasteiger partial charge in [-0.15, -0.1) is 12.3 Å².